The molecule has 0 aliphatic rings. The van der Waals surface area contributed by atoms with Gasteiger partial charge in [-0.1, -0.05) is 6.08 Å². The number of halogens is 3. The van der Waals surface area contributed by atoms with Gasteiger partial charge < -0.3 is 14.8 Å². The third kappa shape index (κ3) is 6.71. The predicted octanol–water partition coefficient (Wildman–Crippen LogP) is 3.13. The molecular formula is C13H16F3NO2. The third-order valence-electron chi connectivity index (χ3n) is 2.12. The summed E-state index contributed by atoms with van der Waals surface area (Å²) in [4.78, 5) is 0. The number of hydrogen-bond donors (Lipinski definition) is 1. The summed E-state index contributed by atoms with van der Waals surface area (Å²) in [6, 6.07) is 5.30. The van der Waals surface area contributed by atoms with E-state index in [4.69, 9.17) is 4.74 Å². The van der Waals surface area contributed by atoms with E-state index in [0.717, 1.165) is 0 Å². The van der Waals surface area contributed by atoms with Crippen molar-refractivity contribution in [3.8, 4) is 11.5 Å². The van der Waals surface area contributed by atoms with Crippen LogP contribution in [0.15, 0.2) is 36.9 Å². The molecule has 0 bridgehead atoms. The molecule has 0 spiro atoms. The second-order valence-electron chi connectivity index (χ2n) is 3.89. The molecule has 6 heteroatoms. The molecule has 19 heavy (non-hydrogen) atoms. The molecule has 0 fully saturated rings. The van der Waals surface area contributed by atoms with E-state index in [0.29, 0.717) is 18.8 Å². The highest BCUT2D eigenvalue weighted by atomic mass is 19.4. The molecule has 1 aromatic carbocycles. The van der Waals surface area contributed by atoms with E-state index < -0.39 is 6.36 Å². The molecule has 0 aromatic heterocycles. The number of benzene rings is 1. The normalized spacial score (nSPS) is 12.8. The van der Waals surface area contributed by atoms with Gasteiger partial charge in [-0.15, -0.1) is 19.8 Å². The van der Waals surface area contributed by atoms with Crippen LogP contribution in [0.25, 0.3) is 0 Å². The molecule has 1 atom stereocenters. The molecule has 0 amide bonds. The van der Waals surface area contributed by atoms with Crippen molar-refractivity contribution in [3.63, 3.8) is 0 Å². The Morgan fingerprint density at radius 2 is 1.84 bits per heavy atom. The molecule has 0 heterocycles. The molecule has 1 N–H and O–H groups in total. The summed E-state index contributed by atoms with van der Waals surface area (Å²) in [5.41, 5.74) is 0. The van der Waals surface area contributed by atoms with Gasteiger partial charge in [0.05, 0.1) is 0 Å². The van der Waals surface area contributed by atoms with E-state index in [2.05, 4.69) is 16.6 Å². The first-order valence-electron chi connectivity index (χ1n) is 5.75. The highest BCUT2D eigenvalue weighted by Gasteiger charge is 2.30. The first kappa shape index (κ1) is 15.4. The molecule has 3 nitrogen and oxygen atoms in total. The molecule has 1 aromatic rings. The number of alkyl halides is 3. The van der Waals surface area contributed by atoms with Crippen LogP contribution in [0.5, 0.6) is 11.5 Å². The highest BCUT2D eigenvalue weighted by molar-refractivity contribution is 5.31. The summed E-state index contributed by atoms with van der Waals surface area (Å²) in [6.45, 7) is 6.72. The lowest BCUT2D eigenvalue weighted by molar-refractivity contribution is -0.274. The molecular weight excluding hydrogens is 259 g/mol. The van der Waals surface area contributed by atoms with Crippen LogP contribution in [0.2, 0.25) is 0 Å². The number of ether oxygens (including phenoxy) is 2. The lowest BCUT2D eigenvalue weighted by atomic mass is 10.3. The fraction of sp³-hybridized carbons (Fsp3) is 0.385. The summed E-state index contributed by atoms with van der Waals surface area (Å²) >= 11 is 0. The zero-order valence-corrected chi connectivity index (χ0v) is 10.5. The minimum atomic E-state index is -4.68. The Hall–Kier alpha value is -1.69. The van der Waals surface area contributed by atoms with Gasteiger partial charge in [-0.25, -0.2) is 0 Å². The zero-order chi connectivity index (χ0) is 14.3. The number of hydrogen-bond acceptors (Lipinski definition) is 3. The van der Waals surface area contributed by atoms with Crippen molar-refractivity contribution in [2.24, 2.45) is 0 Å². The standard InChI is InChI=1S/C13H16F3NO2/c1-3-8-17-9-10(2)18-11-4-6-12(7-5-11)19-13(14,15)16/h3-7,10,17H,1,8-9H2,2H3. The Kier molecular flexibility index (Phi) is 5.69. The van der Waals surface area contributed by atoms with Gasteiger partial charge in [0.1, 0.15) is 17.6 Å². The first-order chi connectivity index (χ1) is 8.90. The van der Waals surface area contributed by atoms with Crippen LogP contribution >= 0.6 is 0 Å². The van der Waals surface area contributed by atoms with E-state index in [9.17, 15) is 13.2 Å². The van der Waals surface area contributed by atoms with Gasteiger partial charge in [-0.2, -0.15) is 0 Å². The van der Waals surface area contributed by atoms with Crippen LogP contribution in [0, 0.1) is 0 Å². The lowest BCUT2D eigenvalue weighted by Gasteiger charge is -2.15. The lowest BCUT2D eigenvalue weighted by Crippen LogP contribution is -2.28. The molecule has 106 valence electrons. The van der Waals surface area contributed by atoms with Crippen LogP contribution in [-0.2, 0) is 0 Å². The van der Waals surface area contributed by atoms with E-state index in [1.165, 1.54) is 24.3 Å². The van der Waals surface area contributed by atoms with Gasteiger partial charge in [0.15, 0.2) is 0 Å². The maximum Gasteiger partial charge on any atom is 0.573 e. The highest BCUT2D eigenvalue weighted by Crippen LogP contribution is 2.24. The van der Waals surface area contributed by atoms with Gasteiger partial charge in [0, 0.05) is 13.1 Å². The first-order valence-corrected chi connectivity index (χ1v) is 5.75. The maximum atomic E-state index is 12.0. The SMILES string of the molecule is C=CCNCC(C)Oc1ccc(OC(F)(F)F)cc1. The van der Waals surface area contributed by atoms with E-state index in [-0.39, 0.29) is 11.9 Å². The van der Waals surface area contributed by atoms with Crippen LogP contribution in [0.4, 0.5) is 13.2 Å². The quantitative estimate of drug-likeness (QED) is 0.612. The van der Waals surface area contributed by atoms with Crippen molar-refractivity contribution in [2.45, 2.75) is 19.4 Å². The fourth-order valence-corrected chi connectivity index (χ4v) is 1.38. The van der Waals surface area contributed by atoms with Gasteiger partial charge >= 0.3 is 6.36 Å². The van der Waals surface area contributed by atoms with Crippen molar-refractivity contribution in [1.82, 2.24) is 5.32 Å². The second-order valence-corrected chi connectivity index (χ2v) is 3.89. The van der Waals surface area contributed by atoms with Gasteiger partial charge in [-0.3, -0.25) is 0 Å². The minimum Gasteiger partial charge on any atom is -0.489 e. The molecule has 0 aliphatic carbocycles. The Morgan fingerprint density at radius 1 is 1.26 bits per heavy atom. The summed E-state index contributed by atoms with van der Waals surface area (Å²) < 4.78 is 45.1. The average Bonchev–Trinajstić information content (AvgIpc) is 2.30. The Balaban J connectivity index is 2.45. The molecule has 1 rings (SSSR count). The summed E-state index contributed by atoms with van der Waals surface area (Å²) in [7, 11) is 0. The van der Waals surface area contributed by atoms with E-state index >= 15 is 0 Å². The Bertz CT molecular complexity index is 390. The third-order valence-corrected chi connectivity index (χ3v) is 2.12. The van der Waals surface area contributed by atoms with Crippen molar-refractivity contribution in [1.29, 1.82) is 0 Å². The van der Waals surface area contributed by atoms with E-state index in [1.807, 2.05) is 6.92 Å². The zero-order valence-electron chi connectivity index (χ0n) is 10.5. The number of nitrogens with one attached hydrogen (secondary N) is 1. The van der Waals surface area contributed by atoms with E-state index in [1.54, 1.807) is 6.08 Å². The van der Waals surface area contributed by atoms with Crippen LogP contribution < -0.4 is 14.8 Å². The summed E-state index contributed by atoms with van der Waals surface area (Å²) in [5, 5.41) is 3.08. The number of rotatable bonds is 7. The summed E-state index contributed by atoms with van der Waals surface area (Å²) in [5.74, 6) is 0.222. The predicted molar refractivity (Wildman–Crippen MR) is 66.3 cm³/mol. The molecule has 0 saturated heterocycles. The minimum absolute atomic E-state index is 0.102. The molecule has 1 unspecified atom stereocenters. The maximum absolute atomic E-state index is 12.0. The van der Waals surface area contributed by atoms with Gasteiger partial charge in [0.2, 0.25) is 0 Å². The summed E-state index contributed by atoms with van der Waals surface area (Å²) in [6.07, 6.45) is -3.05. The monoisotopic (exact) mass is 275 g/mol. The molecule has 0 aliphatic heterocycles. The topological polar surface area (TPSA) is 30.5 Å². The van der Waals surface area contributed by atoms with Crippen LogP contribution in [0.1, 0.15) is 6.92 Å². The Labute approximate surface area is 110 Å². The largest absolute Gasteiger partial charge is 0.573 e. The smallest absolute Gasteiger partial charge is 0.489 e. The van der Waals surface area contributed by atoms with Gasteiger partial charge in [0.25, 0.3) is 0 Å². The van der Waals surface area contributed by atoms with Crippen molar-refractivity contribution < 1.29 is 22.6 Å². The average molecular weight is 275 g/mol. The second kappa shape index (κ2) is 7.04. The van der Waals surface area contributed by atoms with Crippen molar-refractivity contribution in [3.05, 3.63) is 36.9 Å². The molecule has 0 radical (unpaired) electrons. The van der Waals surface area contributed by atoms with Crippen LogP contribution in [0.3, 0.4) is 0 Å². The molecule has 0 saturated carbocycles. The van der Waals surface area contributed by atoms with Crippen LogP contribution in [-0.4, -0.2) is 25.6 Å². The fourth-order valence-electron chi connectivity index (χ4n) is 1.38. The van der Waals surface area contributed by atoms with Crippen molar-refractivity contribution in [2.75, 3.05) is 13.1 Å². The Morgan fingerprint density at radius 3 is 2.37 bits per heavy atom. The van der Waals surface area contributed by atoms with Gasteiger partial charge in [-0.05, 0) is 31.2 Å². The van der Waals surface area contributed by atoms with Crippen molar-refractivity contribution >= 4 is 0 Å².